The van der Waals surface area contributed by atoms with Gasteiger partial charge in [-0.05, 0) is 18.8 Å². The van der Waals surface area contributed by atoms with Gasteiger partial charge in [0.25, 0.3) is 0 Å². The van der Waals surface area contributed by atoms with Crippen molar-refractivity contribution in [2.24, 2.45) is 5.92 Å². The van der Waals surface area contributed by atoms with Crippen LogP contribution in [0.25, 0.3) is 0 Å². The molecule has 2 N–H and O–H groups in total. The van der Waals surface area contributed by atoms with Gasteiger partial charge in [-0.15, -0.1) is 0 Å². The monoisotopic (exact) mass is 231 g/mol. The van der Waals surface area contributed by atoms with Gasteiger partial charge in [0.1, 0.15) is 0 Å². The second kappa shape index (κ2) is 8.01. The first-order chi connectivity index (χ1) is 7.68. The first kappa shape index (κ1) is 13.9. The highest BCUT2D eigenvalue weighted by molar-refractivity contribution is 4.81. The fraction of sp³-hybridized carbons (Fsp3) is 1.00. The van der Waals surface area contributed by atoms with E-state index < -0.39 is 6.10 Å². The Morgan fingerprint density at radius 3 is 2.38 bits per heavy atom. The summed E-state index contributed by atoms with van der Waals surface area (Å²) in [6, 6.07) is 0.643. The zero-order chi connectivity index (χ0) is 11.8. The third kappa shape index (κ3) is 8.05. The smallest absolute Gasteiger partial charge is 0.0897 e. The van der Waals surface area contributed by atoms with E-state index in [-0.39, 0.29) is 0 Å². The predicted molar refractivity (Wildman–Crippen MR) is 63.5 cm³/mol. The summed E-state index contributed by atoms with van der Waals surface area (Å²) in [6.45, 7) is 7.22. The molecular formula is C12H25NO3. The lowest BCUT2D eigenvalue weighted by Crippen LogP contribution is -2.32. The zero-order valence-corrected chi connectivity index (χ0v) is 10.4. The van der Waals surface area contributed by atoms with Gasteiger partial charge in [-0.2, -0.15) is 0 Å². The van der Waals surface area contributed by atoms with Gasteiger partial charge in [0.05, 0.1) is 25.9 Å². The van der Waals surface area contributed by atoms with Crippen LogP contribution in [0.3, 0.4) is 0 Å². The number of hydrogen-bond acceptors (Lipinski definition) is 4. The second-order valence-electron chi connectivity index (χ2n) is 4.88. The molecule has 0 aromatic heterocycles. The van der Waals surface area contributed by atoms with E-state index in [9.17, 15) is 5.11 Å². The van der Waals surface area contributed by atoms with E-state index >= 15 is 0 Å². The van der Waals surface area contributed by atoms with E-state index in [1.165, 1.54) is 12.8 Å². The first-order valence-corrected chi connectivity index (χ1v) is 6.25. The van der Waals surface area contributed by atoms with E-state index in [1.54, 1.807) is 0 Å². The minimum atomic E-state index is -0.398. The molecule has 16 heavy (non-hydrogen) atoms. The van der Waals surface area contributed by atoms with Crippen LogP contribution in [0, 0.1) is 5.92 Å². The summed E-state index contributed by atoms with van der Waals surface area (Å²) in [7, 11) is 0. The first-order valence-electron chi connectivity index (χ1n) is 6.25. The van der Waals surface area contributed by atoms with Gasteiger partial charge in [-0.1, -0.05) is 13.8 Å². The zero-order valence-electron chi connectivity index (χ0n) is 10.4. The molecule has 0 bridgehead atoms. The van der Waals surface area contributed by atoms with Crippen LogP contribution in [-0.4, -0.2) is 50.2 Å². The molecule has 1 aliphatic carbocycles. The predicted octanol–water partition coefficient (Wildman–Crippen LogP) is 0.788. The van der Waals surface area contributed by atoms with Crippen LogP contribution in [0.4, 0.5) is 0 Å². The topological polar surface area (TPSA) is 50.7 Å². The Labute approximate surface area is 98.3 Å². The fourth-order valence-corrected chi connectivity index (χ4v) is 1.31. The van der Waals surface area contributed by atoms with Crippen molar-refractivity contribution in [2.75, 3.05) is 33.0 Å². The summed E-state index contributed by atoms with van der Waals surface area (Å²) in [4.78, 5) is 0. The second-order valence-corrected chi connectivity index (χ2v) is 4.88. The van der Waals surface area contributed by atoms with Gasteiger partial charge in [-0.3, -0.25) is 0 Å². The number of rotatable bonds is 10. The molecule has 4 nitrogen and oxygen atoms in total. The largest absolute Gasteiger partial charge is 0.389 e. The van der Waals surface area contributed by atoms with Gasteiger partial charge < -0.3 is 19.9 Å². The highest BCUT2D eigenvalue weighted by Crippen LogP contribution is 2.18. The van der Waals surface area contributed by atoms with Crippen LogP contribution in [0.2, 0.25) is 0 Å². The molecule has 0 saturated heterocycles. The number of aliphatic hydroxyl groups is 1. The maximum absolute atomic E-state index is 9.54. The molecular weight excluding hydrogens is 206 g/mol. The molecule has 4 heteroatoms. The molecule has 0 spiro atoms. The van der Waals surface area contributed by atoms with E-state index in [0.717, 1.165) is 6.61 Å². The standard InChI is InChI=1S/C12H25NO3/c1-10(2)8-15-5-6-16-9-12(14)7-13-11-3-4-11/h10-14H,3-9H2,1-2H3. The van der Waals surface area contributed by atoms with Crippen LogP contribution in [0.5, 0.6) is 0 Å². The lowest BCUT2D eigenvalue weighted by molar-refractivity contribution is -0.000151. The Hall–Kier alpha value is -0.160. The van der Waals surface area contributed by atoms with Crippen molar-refractivity contribution in [2.45, 2.75) is 38.8 Å². The molecule has 0 aromatic rings. The van der Waals surface area contributed by atoms with Crippen LogP contribution in [-0.2, 0) is 9.47 Å². The van der Waals surface area contributed by atoms with Gasteiger partial charge in [-0.25, -0.2) is 0 Å². The van der Waals surface area contributed by atoms with Crippen LogP contribution in [0.15, 0.2) is 0 Å². The molecule has 1 atom stereocenters. The molecule has 96 valence electrons. The summed E-state index contributed by atoms with van der Waals surface area (Å²) < 4.78 is 10.7. The molecule has 1 saturated carbocycles. The Morgan fingerprint density at radius 2 is 1.81 bits per heavy atom. The van der Waals surface area contributed by atoms with Crippen LogP contribution in [0.1, 0.15) is 26.7 Å². The molecule has 1 fully saturated rings. The van der Waals surface area contributed by atoms with Gasteiger partial charge in [0.2, 0.25) is 0 Å². The summed E-state index contributed by atoms with van der Waals surface area (Å²) in [6.07, 6.45) is 2.10. The van der Waals surface area contributed by atoms with Gasteiger partial charge >= 0.3 is 0 Å². The number of ether oxygens (including phenoxy) is 2. The fourth-order valence-electron chi connectivity index (χ4n) is 1.31. The van der Waals surface area contributed by atoms with E-state index in [1.807, 2.05) is 0 Å². The SMILES string of the molecule is CC(C)COCCOCC(O)CNC1CC1. The number of aliphatic hydroxyl groups excluding tert-OH is 1. The van der Waals surface area contributed by atoms with E-state index in [0.29, 0.717) is 38.3 Å². The molecule has 0 aromatic carbocycles. The van der Waals surface area contributed by atoms with Crippen molar-refractivity contribution in [3.63, 3.8) is 0 Å². The van der Waals surface area contributed by atoms with Crippen LogP contribution < -0.4 is 5.32 Å². The molecule has 0 heterocycles. The minimum Gasteiger partial charge on any atom is -0.389 e. The Morgan fingerprint density at radius 1 is 1.19 bits per heavy atom. The molecule has 1 unspecified atom stereocenters. The number of hydrogen-bond donors (Lipinski definition) is 2. The molecule has 0 aliphatic heterocycles. The normalized spacial score (nSPS) is 18.0. The number of nitrogens with one attached hydrogen (secondary N) is 1. The van der Waals surface area contributed by atoms with Crippen LogP contribution >= 0.6 is 0 Å². The van der Waals surface area contributed by atoms with Crippen molar-refractivity contribution in [1.82, 2.24) is 5.32 Å². The third-order valence-electron chi connectivity index (χ3n) is 2.35. The van der Waals surface area contributed by atoms with Gasteiger partial charge in [0.15, 0.2) is 0 Å². The average molecular weight is 231 g/mol. The maximum Gasteiger partial charge on any atom is 0.0897 e. The highest BCUT2D eigenvalue weighted by atomic mass is 16.5. The Balaban J connectivity index is 1.78. The van der Waals surface area contributed by atoms with Crippen molar-refractivity contribution in [3.05, 3.63) is 0 Å². The Bertz CT molecular complexity index is 172. The Kier molecular flexibility index (Phi) is 6.96. The molecule has 1 aliphatic rings. The molecule has 0 radical (unpaired) electrons. The lowest BCUT2D eigenvalue weighted by Gasteiger charge is -2.12. The highest BCUT2D eigenvalue weighted by Gasteiger charge is 2.21. The summed E-state index contributed by atoms with van der Waals surface area (Å²) in [5.41, 5.74) is 0. The van der Waals surface area contributed by atoms with Crippen molar-refractivity contribution >= 4 is 0 Å². The van der Waals surface area contributed by atoms with E-state index in [4.69, 9.17) is 9.47 Å². The summed E-state index contributed by atoms with van der Waals surface area (Å²) in [5.74, 6) is 0.563. The minimum absolute atomic E-state index is 0.394. The van der Waals surface area contributed by atoms with Crippen molar-refractivity contribution in [1.29, 1.82) is 0 Å². The summed E-state index contributed by atoms with van der Waals surface area (Å²) in [5, 5.41) is 12.8. The van der Waals surface area contributed by atoms with Crippen molar-refractivity contribution in [3.8, 4) is 0 Å². The average Bonchev–Trinajstić information content (AvgIpc) is 3.03. The van der Waals surface area contributed by atoms with Crippen molar-refractivity contribution < 1.29 is 14.6 Å². The van der Waals surface area contributed by atoms with E-state index in [2.05, 4.69) is 19.2 Å². The molecule has 0 amide bonds. The molecule has 1 rings (SSSR count). The van der Waals surface area contributed by atoms with Gasteiger partial charge in [0, 0.05) is 19.2 Å². The lowest BCUT2D eigenvalue weighted by atomic mass is 10.2. The summed E-state index contributed by atoms with van der Waals surface area (Å²) >= 11 is 0. The quantitative estimate of drug-likeness (QED) is 0.546. The third-order valence-corrected chi connectivity index (χ3v) is 2.35. The maximum atomic E-state index is 9.54.